The van der Waals surface area contributed by atoms with Crippen molar-refractivity contribution in [2.75, 3.05) is 0 Å². The first-order valence-electron chi connectivity index (χ1n) is 4.19. The molecule has 0 aliphatic rings. The van der Waals surface area contributed by atoms with Gasteiger partial charge in [-0.1, -0.05) is 12.1 Å². The zero-order valence-corrected chi connectivity index (χ0v) is 7.60. The predicted octanol–water partition coefficient (Wildman–Crippen LogP) is 2.45. The first kappa shape index (κ1) is 8.62. The van der Waals surface area contributed by atoms with E-state index in [1.165, 1.54) is 6.07 Å². The van der Waals surface area contributed by atoms with Gasteiger partial charge >= 0.3 is 0 Å². The SMILES string of the molecule is Cc1ccnc2c([N+](=O)[O-])cccc12. The summed E-state index contributed by atoms with van der Waals surface area (Å²) < 4.78 is 0. The first-order valence-corrected chi connectivity index (χ1v) is 4.19. The van der Waals surface area contributed by atoms with Crippen molar-refractivity contribution in [1.82, 2.24) is 4.98 Å². The van der Waals surface area contributed by atoms with Crippen LogP contribution in [0.4, 0.5) is 5.69 Å². The number of fused-ring (bicyclic) bond motifs is 1. The minimum atomic E-state index is -0.408. The van der Waals surface area contributed by atoms with Crippen molar-refractivity contribution in [3.05, 3.63) is 46.1 Å². The smallest absolute Gasteiger partial charge is 0.258 e. The maximum atomic E-state index is 10.7. The lowest BCUT2D eigenvalue weighted by Crippen LogP contribution is -1.91. The van der Waals surface area contributed by atoms with Gasteiger partial charge in [0.25, 0.3) is 5.69 Å². The van der Waals surface area contributed by atoms with E-state index in [1.54, 1.807) is 12.3 Å². The summed E-state index contributed by atoms with van der Waals surface area (Å²) in [7, 11) is 0. The molecule has 0 aliphatic carbocycles. The quantitative estimate of drug-likeness (QED) is 0.510. The van der Waals surface area contributed by atoms with Gasteiger partial charge < -0.3 is 0 Å². The van der Waals surface area contributed by atoms with E-state index in [2.05, 4.69) is 4.98 Å². The van der Waals surface area contributed by atoms with Crippen LogP contribution in [0.1, 0.15) is 5.56 Å². The molecule has 2 rings (SSSR count). The van der Waals surface area contributed by atoms with Crippen LogP contribution < -0.4 is 0 Å². The molecule has 0 fully saturated rings. The fraction of sp³-hybridized carbons (Fsp3) is 0.100. The van der Waals surface area contributed by atoms with Crippen molar-refractivity contribution in [2.45, 2.75) is 6.92 Å². The molecule has 0 aliphatic heterocycles. The van der Waals surface area contributed by atoms with Crippen LogP contribution in [-0.2, 0) is 0 Å². The van der Waals surface area contributed by atoms with Gasteiger partial charge in [0.1, 0.15) is 5.52 Å². The molecule has 0 bridgehead atoms. The highest BCUT2D eigenvalue weighted by Gasteiger charge is 2.12. The minimum Gasteiger partial charge on any atom is -0.258 e. The number of aromatic nitrogens is 1. The molecule has 0 saturated heterocycles. The van der Waals surface area contributed by atoms with Crippen LogP contribution >= 0.6 is 0 Å². The second kappa shape index (κ2) is 3.06. The Morgan fingerprint density at radius 1 is 1.36 bits per heavy atom. The van der Waals surface area contributed by atoms with Crippen LogP contribution in [0, 0.1) is 17.0 Å². The second-order valence-corrected chi connectivity index (χ2v) is 3.06. The van der Waals surface area contributed by atoms with Crippen LogP contribution in [-0.4, -0.2) is 9.91 Å². The Morgan fingerprint density at radius 2 is 2.14 bits per heavy atom. The molecule has 4 heteroatoms. The van der Waals surface area contributed by atoms with Gasteiger partial charge in [-0.15, -0.1) is 0 Å². The number of para-hydroxylation sites is 1. The number of rotatable bonds is 1. The summed E-state index contributed by atoms with van der Waals surface area (Å²) in [5.41, 5.74) is 1.52. The molecule has 70 valence electrons. The van der Waals surface area contributed by atoms with Crippen LogP contribution in [0.5, 0.6) is 0 Å². The molecular formula is C10H8N2O2. The van der Waals surface area contributed by atoms with Crippen LogP contribution in [0.2, 0.25) is 0 Å². The lowest BCUT2D eigenvalue weighted by atomic mass is 10.1. The number of benzene rings is 1. The lowest BCUT2D eigenvalue weighted by molar-refractivity contribution is -0.383. The summed E-state index contributed by atoms with van der Waals surface area (Å²) >= 11 is 0. The average molecular weight is 188 g/mol. The van der Waals surface area contributed by atoms with Gasteiger partial charge in [-0.25, -0.2) is 4.98 Å². The molecule has 0 unspecified atom stereocenters. The number of nitro groups is 1. The lowest BCUT2D eigenvalue weighted by Gasteiger charge is -2.00. The molecule has 0 spiro atoms. The van der Waals surface area contributed by atoms with E-state index in [9.17, 15) is 10.1 Å². The number of aryl methyl sites for hydroxylation is 1. The summed E-state index contributed by atoms with van der Waals surface area (Å²) in [5.74, 6) is 0. The highest BCUT2D eigenvalue weighted by molar-refractivity contribution is 5.89. The molecule has 14 heavy (non-hydrogen) atoms. The van der Waals surface area contributed by atoms with Gasteiger partial charge in [0, 0.05) is 17.6 Å². The minimum absolute atomic E-state index is 0.0613. The molecule has 0 saturated carbocycles. The van der Waals surface area contributed by atoms with Crippen LogP contribution in [0.25, 0.3) is 10.9 Å². The zero-order valence-electron chi connectivity index (χ0n) is 7.60. The van der Waals surface area contributed by atoms with Gasteiger partial charge in [-0.2, -0.15) is 0 Å². The average Bonchev–Trinajstić information content (AvgIpc) is 2.17. The van der Waals surface area contributed by atoms with E-state index < -0.39 is 4.92 Å². The molecular weight excluding hydrogens is 180 g/mol. The normalized spacial score (nSPS) is 10.4. The van der Waals surface area contributed by atoms with Crippen molar-refractivity contribution < 1.29 is 4.92 Å². The highest BCUT2D eigenvalue weighted by Crippen LogP contribution is 2.24. The predicted molar refractivity (Wildman–Crippen MR) is 53.1 cm³/mol. The monoisotopic (exact) mass is 188 g/mol. The topological polar surface area (TPSA) is 56.0 Å². The van der Waals surface area contributed by atoms with Gasteiger partial charge in [0.2, 0.25) is 0 Å². The standard InChI is InChI=1S/C10H8N2O2/c1-7-5-6-11-10-8(7)3-2-4-9(10)12(13)14/h2-6H,1H3. The molecule has 0 amide bonds. The zero-order chi connectivity index (χ0) is 10.1. The fourth-order valence-electron chi connectivity index (χ4n) is 1.45. The van der Waals surface area contributed by atoms with E-state index in [0.717, 1.165) is 10.9 Å². The summed E-state index contributed by atoms with van der Waals surface area (Å²) in [6.45, 7) is 1.91. The summed E-state index contributed by atoms with van der Waals surface area (Å²) in [4.78, 5) is 14.3. The van der Waals surface area contributed by atoms with Crippen molar-refractivity contribution in [2.24, 2.45) is 0 Å². The maximum absolute atomic E-state index is 10.7. The summed E-state index contributed by atoms with van der Waals surface area (Å²) in [5, 5.41) is 11.5. The third kappa shape index (κ3) is 1.21. The summed E-state index contributed by atoms with van der Waals surface area (Å²) in [6.07, 6.45) is 1.59. The van der Waals surface area contributed by atoms with E-state index in [4.69, 9.17) is 0 Å². The first-order chi connectivity index (χ1) is 6.70. The van der Waals surface area contributed by atoms with Gasteiger partial charge in [0.05, 0.1) is 4.92 Å². The van der Waals surface area contributed by atoms with E-state index in [1.807, 2.05) is 19.1 Å². The Morgan fingerprint density at radius 3 is 2.86 bits per heavy atom. The van der Waals surface area contributed by atoms with Crippen molar-refractivity contribution in [1.29, 1.82) is 0 Å². The van der Waals surface area contributed by atoms with Crippen molar-refractivity contribution in [3.8, 4) is 0 Å². The number of pyridine rings is 1. The maximum Gasteiger partial charge on any atom is 0.295 e. The van der Waals surface area contributed by atoms with Crippen molar-refractivity contribution >= 4 is 16.6 Å². The van der Waals surface area contributed by atoms with Gasteiger partial charge in [-0.3, -0.25) is 10.1 Å². The van der Waals surface area contributed by atoms with Crippen LogP contribution in [0.15, 0.2) is 30.5 Å². The Balaban J connectivity index is 2.88. The van der Waals surface area contributed by atoms with E-state index in [0.29, 0.717) is 5.52 Å². The van der Waals surface area contributed by atoms with Crippen LogP contribution in [0.3, 0.4) is 0 Å². The van der Waals surface area contributed by atoms with Crippen molar-refractivity contribution in [3.63, 3.8) is 0 Å². The number of nitro benzene ring substituents is 1. The molecule has 1 aromatic carbocycles. The largest absolute Gasteiger partial charge is 0.295 e. The molecule has 2 aromatic rings. The molecule has 1 aromatic heterocycles. The fourth-order valence-corrected chi connectivity index (χ4v) is 1.45. The Bertz CT molecular complexity index is 508. The Hall–Kier alpha value is -1.97. The van der Waals surface area contributed by atoms with Gasteiger partial charge in [-0.05, 0) is 18.6 Å². The highest BCUT2D eigenvalue weighted by atomic mass is 16.6. The molecule has 0 N–H and O–H groups in total. The third-order valence-electron chi connectivity index (χ3n) is 2.16. The molecule has 1 heterocycles. The number of non-ortho nitro benzene ring substituents is 1. The Kier molecular flexibility index (Phi) is 1.89. The number of hydrogen-bond acceptors (Lipinski definition) is 3. The van der Waals surface area contributed by atoms with E-state index >= 15 is 0 Å². The van der Waals surface area contributed by atoms with E-state index in [-0.39, 0.29) is 5.69 Å². The number of hydrogen-bond donors (Lipinski definition) is 0. The molecule has 4 nitrogen and oxygen atoms in total. The molecule has 0 atom stereocenters. The summed E-state index contributed by atoms with van der Waals surface area (Å²) in [6, 6.07) is 6.82. The third-order valence-corrected chi connectivity index (χ3v) is 2.16. The Labute approximate surface area is 80.4 Å². The molecule has 0 radical (unpaired) electrons. The second-order valence-electron chi connectivity index (χ2n) is 3.06. The number of nitrogens with zero attached hydrogens (tertiary/aromatic N) is 2. The van der Waals surface area contributed by atoms with Gasteiger partial charge in [0.15, 0.2) is 0 Å².